The molecule has 2 atom stereocenters. The summed E-state index contributed by atoms with van der Waals surface area (Å²) in [6, 6.07) is 5.09. The predicted molar refractivity (Wildman–Crippen MR) is 79.0 cm³/mol. The molecule has 0 aliphatic rings. The second-order valence-electron chi connectivity index (χ2n) is 5.16. The summed E-state index contributed by atoms with van der Waals surface area (Å²) in [4.78, 5) is 5.04. The highest BCUT2D eigenvalue weighted by Crippen LogP contribution is 2.31. The van der Waals surface area contributed by atoms with Gasteiger partial charge in [-0.05, 0) is 46.2 Å². The lowest BCUT2D eigenvalue weighted by molar-refractivity contribution is 0.125. The zero-order valence-corrected chi connectivity index (χ0v) is 12.7. The van der Waals surface area contributed by atoms with Gasteiger partial charge in [-0.1, -0.05) is 0 Å². The monoisotopic (exact) mass is 270 g/mol. The van der Waals surface area contributed by atoms with Crippen molar-refractivity contribution < 1.29 is 5.11 Å². The SMILES string of the molecule is Cc1ccc(C(C(C)N)N(CCCO)C(C)C)s1. The van der Waals surface area contributed by atoms with E-state index in [9.17, 15) is 0 Å². The molecule has 3 nitrogen and oxygen atoms in total. The Hall–Kier alpha value is -0.420. The molecule has 3 N–H and O–H groups in total. The van der Waals surface area contributed by atoms with Crippen molar-refractivity contribution >= 4 is 11.3 Å². The zero-order chi connectivity index (χ0) is 13.7. The van der Waals surface area contributed by atoms with Crippen LogP contribution in [0.3, 0.4) is 0 Å². The van der Waals surface area contributed by atoms with Gasteiger partial charge in [-0.25, -0.2) is 0 Å². The Bertz CT molecular complexity index is 349. The molecule has 0 aromatic carbocycles. The van der Waals surface area contributed by atoms with Crippen molar-refractivity contribution in [2.24, 2.45) is 5.73 Å². The minimum Gasteiger partial charge on any atom is -0.396 e. The van der Waals surface area contributed by atoms with Gasteiger partial charge in [-0.2, -0.15) is 0 Å². The fourth-order valence-electron chi connectivity index (χ4n) is 2.31. The third kappa shape index (κ3) is 4.05. The fraction of sp³-hybridized carbons (Fsp3) is 0.714. The number of nitrogens with zero attached hydrogens (tertiary/aromatic N) is 1. The van der Waals surface area contributed by atoms with Crippen molar-refractivity contribution in [2.45, 2.75) is 52.2 Å². The van der Waals surface area contributed by atoms with Gasteiger partial charge in [0.2, 0.25) is 0 Å². The maximum absolute atomic E-state index is 9.04. The van der Waals surface area contributed by atoms with E-state index >= 15 is 0 Å². The third-order valence-electron chi connectivity index (χ3n) is 3.15. The maximum Gasteiger partial charge on any atom is 0.0593 e. The van der Waals surface area contributed by atoms with Gasteiger partial charge >= 0.3 is 0 Å². The molecule has 0 aliphatic heterocycles. The van der Waals surface area contributed by atoms with Crippen LogP contribution in [0.2, 0.25) is 0 Å². The van der Waals surface area contributed by atoms with Gasteiger partial charge in [0.15, 0.2) is 0 Å². The molecule has 0 saturated carbocycles. The molecule has 0 aliphatic carbocycles. The van der Waals surface area contributed by atoms with Crippen LogP contribution in [0.15, 0.2) is 12.1 Å². The van der Waals surface area contributed by atoms with Crippen molar-refractivity contribution in [3.05, 3.63) is 21.9 Å². The highest BCUT2D eigenvalue weighted by molar-refractivity contribution is 7.12. The maximum atomic E-state index is 9.04. The normalized spacial score (nSPS) is 15.3. The van der Waals surface area contributed by atoms with Crippen molar-refractivity contribution in [3.63, 3.8) is 0 Å². The van der Waals surface area contributed by atoms with E-state index in [0.29, 0.717) is 6.04 Å². The standard InChI is InChI=1S/C14H26N2OS/c1-10(2)16(8-5-9-17)14(12(4)15)13-7-6-11(3)18-13/h6-7,10,12,14,17H,5,8-9,15H2,1-4H3. The minimum absolute atomic E-state index is 0.0872. The van der Waals surface area contributed by atoms with E-state index in [2.05, 4.69) is 44.7 Å². The molecule has 1 rings (SSSR count). The van der Waals surface area contributed by atoms with Crippen LogP contribution >= 0.6 is 11.3 Å². The summed E-state index contributed by atoms with van der Waals surface area (Å²) >= 11 is 1.82. The first-order valence-electron chi connectivity index (χ1n) is 6.66. The molecule has 0 spiro atoms. The first kappa shape index (κ1) is 15.6. The molecular formula is C14H26N2OS. The lowest BCUT2D eigenvalue weighted by Gasteiger charge is -2.36. The van der Waals surface area contributed by atoms with Crippen molar-refractivity contribution in [1.82, 2.24) is 4.90 Å². The number of hydrogen-bond donors (Lipinski definition) is 2. The van der Waals surface area contributed by atoms with Crippen molar-refractivity contribution in [1.29, 1.82) is 0 Å². The Balaban J connectivity index is 2.93. The van der Waals surface area contributed by atoms with E-state index in [1.54, 1.807) is 0 Å². The first-order valence-corrected chi connectivity index (χ1v) is 7.47. The van der Waals surface area contributed by atoms with Crippen LogP contribution in [-0.4, -0.2) is 35.2 Å². The smallest absolute Gasteiger partial charge is 0.0593 e. The van der Waals surface area contributed by atoms with Crippen LogP contribution in [0, 0.1) is 6.92 Å². The molecule has 1 heterocycles. The number of aliphatic hydroxyl groups is 1. The number of rotatable bonds is 7. The number of aryl methyl sites for hydroxylation is 1. The molecule has 1 aromatic rings. The van der Waals surface area contributed by atoms with E-state index in [1.165, 1.54) is 9.75 Å². The van der Waals surface area contributed by atoms with Gasteiger partial charge in [-0.15, -0.1) is 11.3 Å². The zero-order valence-electron chi connectivity index (χ0n) is 11.9. The Kier molecular flexibility index (Phi) is 6.29. The minimum atomic E-state index is 0.0872. The third-order valence-corrected chi connectivity index (χ3v) is 4.22. The average molecular weight is 270 g/mol. The van der Waals surface area contributed by atoms with Gasteiger partial charge in [0.05, 0.1) is 6.04 Å². The Morgan fingerprint density at radius 2 is 2.00 bits per heavy atom. The van der Waals surface area contributed by atoms with Gasteiger partial charge in [0.1, 0.15) is 0 Å². The second-order valence-corrected chi connectivity index (χ2v) is 6.48. The molecule has 0 amide bonds. The van der Waals surface area contributed by atoms with Gasteiger partial charge in [0, 0.05) is 35.0 Å². The fourth-order valence-corrected chi connectivity index (χ4v) is 3.42. The lowest BCUT2D eigenvalue weighted by atomic mass is 10.0. The van der Waals surface area contributed by atoms with Crippen molar-refractivity contribution in [3.8, 4) is 0 Å². The van der Waals surface area contributed by atoms with Crippen LogP contribution in [0.5, 0.6) is 0 Å². The van der Waals surface area contributed by atoms with E-state index in [0.717, 1.165) is 13.0 Å². The van der Waals surface area contributed by atoms with Crippen LogP contribution in [0.1, 0.15) is 43.0 Å². The summed E-state index contributed by atoms with van der Waals surface area (Å²) in [6.45, 7) is 9.68. The van der Waals surface area contributed by atoms with Crippen LogP contribution in [-0.2, 0) is 0 Å². The molecule has 1 aromatic heterocycles. The van der Waals surface area contributed by atoms with Crippen molar-refractivity contribution in [2.75, 3.05) is 13.2 Å². The number of nitrogens with two attached hydrogens (primary N) is 1. The summed E-state index contributed by atoms with van der Waals surface area (Å²) in [5.41, 5.74) is 6.19. The largest absolute Gasteiger partial charge is 0.396 e. The van der Waals surface area contributed by atoms with Gasteiger partial charge < -0.3 is 10.8 Å². The summed E-state index contributed by atoms with van der Waals surface area (Å²) < 4.78 is 0. The topological polar surface area (TPSA) is 49.5 Å². The Morgan fingerprint density at radius 3 is 2.39 bits per heavy atom. The number of thiophene rings is 1. The summed E-state index contributed by atoms with van der Waals surface area (Å²) in [7, 11) is 0. The molecule has 104 valence electrons. The van der Waals surface area contributed by atoms with Crippen LogP contribution < -0.4 is 5.73 Å². The summed E-state index contributed by atoms with van der Waals surface area (Å²) in [5.74, 6) is 0. The quantitative estimate of drug-likeness (QED) is 0.800. The molecule has 0 radical (unpaired) electrons. The molecule has 2 unspecified atom stereocenters. The number of aliphatic hydroxyl groups excluding tert-OH is 1. The van der Waals surface area contributed by atoms with Gasteiger partial charge in [0.25, 0.3) is 0 Å². The highest BCUT2D eigenvalue weighted by atomic mass is 32.1. The number of hydrogen-bond acceptors (Lipinski definition) is 4. The molecule has 0 bridgehead atoms. The first-order chi connectivity index (χ1) is 8.47. The molecular weight excluding hydrogens is 244 g/mol. The molecule has 0 fully saturated rings. The van der Waals surface area contributed by atoms with Gasteiger partial charge in [-0.3, -0.25) is 4.90 Å². The van der Waals surface area contributed by atoms with E-state index in [-0.39, 0.29) is 18.7 Å². The van der Waals surface area contributed by atoms with E-state index < -0.39 is 0 Å². The molecule has 18 heavy (non-hydrogen) atoms. The Morgan fingerprint density at radius 1 is 1.33 bits per heavy atom. The second kappa shape index (κ2) is 7.24. The Labute approximate surface area is 115 Å². The van der Waals surface area contributed by atoms with E-state index in [4.69, 9.17) is 10.8 Å². The average Bonchev–Trinajstić information content (AvgIpc) is 2.69. The van der Waals surface area contributed by atoms with Crippen LogP contribution in [0.25, 0.3) is 0 Å². The predicted octanol–water partition coefficient (Wildman–Crippen LogP) is 2.54. The van der Waals surface area contributed by atoms with E-state index in [1.807, 2.05) is 11.3 Å². The molecule has 0 saturated heterocycles. The molecule has 4 heteroatoms. The van der Waals surface area contributed by atoms with Crippen LogP contribution in [0.4, 0.5) is 0 Å². The summed E-state index contributed by atoms with van der Waals surface area (Å²) in [6.07, 6.45) is 0.797. The summed E-state index contributed by atoms with van der Waals surface area (Å²) in [5, 5.41) is 9.04. The lowest BCUT2D eigenvalue weighted by Crippen LogP contribution is -2.43. The highest BCUT2D eigenvalue weighted by Gasteiger charge is 2.26.